The summed E-state index contributed by atoms with van der Waals surface area (Å²) in [6.07, 6.45) is 2.45. The fourth-order valence-corrected chi connectivity index (χ4v) is 5.79. The third kappa shape index (κ3) is 3.04. The number of hydrogen-bond acceptors (Lipinski definition) is 5. The van der Waals surface area contributed by atoms with Crippen LogP contribution in [-0.4, -0.2) is 34.6 Å². The molecule has 0 radical (unpaired) electrons. The van der Waals surface area contributed by atoms with Gasteiger partial charge in [-0.3, -0.25) is 9.59 Å². The Kier molecular flexibility index (Phi) is 4.49. The van der Waals surface area contributed by atoms with Crippen LogP contribution >= 0.6 is 23.1 Å². The molecule has 7 heteroatoms. The van der Waals surface area contributed by atoms with Crippen molar-refractivity contribution in [1.29, 1.82) is 0 Å². The predicted molar refractivity (Wildman–Crippen MR) is 112 cm³/mol. The number of carbonyl (C=O) groups is 2. The van der Waals surface area contributed by atoms with Gasteiger partial charge in [-0.25, -0.2) is 0 Å². The van der Waals surface area contributed by atoms with Gasteiger partial charge in [-0.05, 0) is 58.6 Å². The average Bonchev–Trinajstić information content (AvgIpc) is 3.46. The number of thiophene rings is 1. The SMILES string of the molecule is O=C1Nc2ccc(-c3ccsc3)cc2C(=O)N2CC[C@H](SCc3ccco3)[C@@H]12. The van der Waals surface area contributed by atoms with Gasteiger partial charge in [0.15, 0.2) is 0 Å². The summed E-state index contributed by atoms with van der Waals surface area (Å²) in [5.41, 5.74) is 3.24. The minimum absolute atomic E-state index is 0.0553. The number of hydrogen-bond donors (Lipinski definition) is 1. The van der Waals surface area contributed by atoms with Gasteiger partial charge < -0.3 is 14.6 Å². The number of amides is 2. The van der Waals surface area contributed by atoms with Gasteiger partial charge in [0.05, 0.1) is 23.3 Å². The number of thioether (sulfide) groups is 1. The Morgan fingerprint density at radius 1 is 1.21 bits per heavy atom. The van der Waals surface area contributed by atoms with Gasteiger partial charge in [0, 0.05) is 11.8 Å². The molecule has 0 unspecified atom stereocenters. The molecule has 1 fully saturated rings. The lowest BCUT2D eigenvalue weighted by molar-refractivity contribution is -0.119. The molecule has 1 saturated heterocycles. The maximum absolute atomic E-state index is 13.3. The van der Waals surface area contributed by atoms with E-state index in [1.165, 1.54) is 0 Å². The molecule has 2 atom stereocenters. The standard InChI is InChI=1S/C21H18N2O3S2/c24-20-19-18(28-12-15-2-1-8-26-15)5-7-23(19)21(25)16-10-13(3-4-17(16)22-20)14-6-9-27-11-14/h1-4,6,8-11,18-19H,5,7,12H2,(H,22,24)/t18-,19-/m0/s1. The van der Waals surface area contributed by atoms with Crippen LogP contribution in [0.2, 0.25) is 0 Å². The number of fused-ring (bicyclic) bond motifs is 2. The fourth-order valence-electron chi connectivity index (χ4n) is 3.86. The molecule has 142 valence electrons. The zero-order valence-corrected chi connectivity index (χ0v) is 16.6. The lowest BCUT2D eigenvalue weighted by Gasteiger charge is -2.24. The molecule has 5 nitrogen and oxygen atoms in total. The minimum atomic E-state index is -0.454. The first-order valence-corrected chi connectivity index (χ1v) is 11.1. The fraction of sp³-hybridized carbons (Fsp3) is 0.238. The first kappa shape index (κ1) is 17.6. The van der Waals surface area contributed by atoms with Gasteiger partial charge in [-0.1, -0.05) is 6.07 Å². The second-order valence-electron chi connectivity index (χ2n) is 6.92. The second-order valence-corrected chi connectivity index (χ2v) is 8.93. The second kappa shape index (κ2) is 7.14. The van der Waals surface area contributed by atoms with Crippen LogP contribution in [0.3, 0.4) is 0 Å². The van der Waals surface area contributed by atoms with Crippen LogP contribution < -0.4 is 5.32 Å². The number of furan rings is 1. The highest BCUT2D eigenvalue weighted by Crippen LogP contribution is 2.37. The summed E-state index contributed by atoms with van der Waals surface area (Å²) in [5, 5.41) is 7.11. The van der Waals surface area contributed by atoms with Gasteiger partial charge in [0.1, 0.15) is 11.8 Å². The van der Waals surface area contributed by atoms with Crippen molar-refractivity contribution in [3.05, 3.63) is 64.7 Å². The monoisotopic (exact) mass is 410 g/mol. The summed E-state index contributed by atoms with van der Waals surface area (Å²) >= 11 is 3.30. The number of nitrogens with one attached hydrogen (secondary N) is 1. The summed E-state index contributed by atoms with van der Waals surface area (Å²) < 4.78 is 5.40. The van der Waals surface area contributed by atoms with E-state index >= 15 is 0 Å². The van der Waals surface area contributed by atoms with Crippen LogP contribution in [0.15, 0.2) is 57.8 Å². The largest absolute Gasteiger partial charge is 0.468 e. The van der Waals surface area contributed by atoms with Crippen molar-refractivity contribution in [2.45, 2.75) is 23.5 Å². The zero-order chi connectivity index (χ0) is 19.1. The molecule has 2 aliphatic heterocycles. The maximum atomic E-state index is 13.3. The highest BCUT2D eigenvalue weighted by Gasteiger charge is 2.44. The molecule has 2 amide bonds. The van der Waals surface area contributed by atoms with E-state index in [-0.39, 0.29) is 17.1 Å². The number of benzene rings is 1. The van der Waals surface area contributed by atoms with E-state index in [4.69, 9.17) is 4.42 Å². The smallest absolute Gasteiger partial charge is 0.256 e. The number of anilines is 1. The van der Waals surface area contributed by atoms with E-state index in [0.717, 1.165) is 23.3 Å². The molecule has 0 aliphatic carbocycles. The topological polar surface area (TPSA) is 62.6 Å². The summed E-state index contributed by atoms with van der Waals surface area (Å²) in [7, 11) is 0. The lowest BCUT2D eigenvalue weighted by Crippen LogP contribution is -2.44. The molecule has 28 heavy (non-hydrogen) atoms. The molecule has 2 aromatic heterocycles. The Morgan fingerprint density at radius 3 is 2.93 bits per heavy atom. The van der Waals surface area contributed by atoms with E-state index in [0.29, 0.717) is 23.5 Å². The zero-order valence-electron chi connectivity index (χ0n) is 15.0. The van der Waals surface area contributed by atoms with E-state index in [2.05, 4.69) is 10.7 Å². The highest BCUT2D eigenvalue weighted by molar-refractivity contribution is 7.99. The normalized spacial score (nSPS) is 21.2. The van der Waals surface area contributed by atoms with E-state index in [1.807, 2.05) is 41.8 Å². The molecule has 0 bridgehead atoms. The van der Waals surface area contributed by atoms with Crippen molar-refractivity contribution in [2.75, 3.05) is 11.9 Å². The van der Waals surface area contributed by atoms with Crippen LogP contribution in [0, 0.1) is 0 Å². The molecule has 0 saturated carbocycles. The molecular formula is C21H18N2O3S2. The summed E-state index contributed by atoms with van der Waals surface area (Å²) in [6, 6.07) is 11.1. The number of carbonyl (C=O) groups excluding carboxylic acids is 2. The average molecular weight is 411 g/mol. The lowest BCUT2D eigenvalue weighted by atomic mass is 10.0. The molecular weight excluding hydrogens is 392 g/mol. The minimum Gasteiger partial charge on any atom is -0.468 e. The van der Waals surface area contributed by atoms with Gasteiger partial charge >= 0.3 is 0 Å². The molecule has 5 rings (SSSR count). The van der Waals surface area contributed by atoms with Crippen LogP contribution in [0.25, 0.3) is 11.1 Å². The molecule has 3 aromatic rings. The van der Waals surface area contributed by atoms with Gasteiger partial charge in [0.25, 0.3) is 5.91 Å². The number of rotatable bonds is 4. The molecule has 2 aliphatic rings. The Hall–Kier alpha value is -2.51. The quantitative estimate of drug-likeness (QED) is 0.689. The first-order chi connectivity index (χ1) is 13.7. The van der Waals surface area contributed by atoms with Crippen molar-refractivity contribution < 1.29 is 14.0 Å². The van der Waals surface area contributed by atoms with Crippen molar-refractivity contribution in [3.8, 4) is 11.1 Å². The summed E-state index contributed by atoms with van der Waals surface area (Å²) in [5.74, 6) is 1.40. The first-order valence-electron chi connectivity index (χ1n) is 9.13. The van der Waals surface area contributed by atoms with Gasteiger partial charge in [-0.15, -0.1) is 11.8 Å². The third-order valence-corrected chi connectivity index (χ3v) is 7.31. The molecule has 1 N–H and O–H groups in total. The van der Waals surface area contributed by atoms with E-state index in [9.17, 15) is 9.59 Å². The predicted octanol–water partition coefficient (Wildman–Crippen LogP) is 4.48. The summed E-state index contributed by atoms with van der Waals surface area (Å²) in [6.45, 7) is 0.592. The Morgan fingerprint density at radius 2 is 2.14 bits per heavy atom. The Labute approximate surface area is 170 Å². The van der Waals surface area contributed by atoms with Gasteiger partial charge in [0.2, 0.25) is 5.91 Å². The van der Waals surface area contributed by atoms with Crippen LogP contribution in [0.5, 0.6) is 0 Å². The molecule has 4 heterocycles. The van der Waals surface area contributed by atoms with Crippen molar-refractivity contribution in [1.82, 2.24) is 4.90 Å². The maximum Gasteiger partial charge on any atom is 0.256 e. The van der Waals surface area contributed by atoms with Crippen molar-refractivity contribution in [2.24, 2.45) is 0 Å². The number of nitrogens with zero attached hydrogens (tertiary/aromatic N) is 1. The van der Waals surface area contributed by atoms with Crippen molar-refractivity contribution >= 4 is 40.6 Å². The molecule has 0 spiro atoms. The van der Waals surface area contributed by atoms with Crippen LogP contribution in [0.1, 0.15) is 22.5 Å². The van der Waals surface area contributed by atoms with E-state index < -0.39 is 6.04 Å². The highest BCUT2D eigenvalue weighted by atomic mass is 32.2. The summed E-state index contributed by atoms with van der Waals surface area (Å²) in [4.78, 5) is 28.0. The van der Waals surface area contributed by atoms with Crippen molar-refractivity contribution in [3.63, 3.8) is 0 Å². The Bertz CT molecular complexity index is 1010. The molecule has 1 aromatic carbocycles. The van der Waals surface area contributed by atoms with E-state index in [1.54, 1.807) is 34.3 Å². The third-order valence-electron chi connectivity index (χ3n) is 5.25. The van der Waals surface area contributed by atoms with Gasteiger partial charge in [-0.2, -0.15) is 11.3 Å². The van der Waals surface area contributed by atoms with Crippen LogP contribution in [0.4, 0.5) is 5.69 Å². The Balaban J connectivity index is 1.42. The van der Waals surface area contributed by atoms with Crippen LogP contribution in [-0.2, 0) is 10.5 Å².